The van der Waals surface area contributed by atoms with Crippen LogP contribution in [0.1, 0.15) is 47.3 Å². The molecule has 1 amide bonds. The van der Waals surface area contributed by atoms with Crippen LogP contribution >= 0.6 is 11.6 Å². The lowest BCUT2D eigenvalue weighted by atomic mass is 9.97. The number of H-pyrrole nitrogens is 1. The van der Waals surface area contributed by atoms with Crippen molar-refractivity contribution in [3.63, 3.8) is 0 Å². The third-order valence-corrected chi connectivity index (χ3v) is 6.55. The maximum Gasteiger partial charge on any atom is 0.417 e. The summed E-state index contributed by atoms with van der Waals surface area (Å²) in [5.41, 5.74) is 0.164. The minimum atomic E-state index is -4.59. The van der Waals surface area contributed by atoms with Gasteiger partial charge in [0.1, 0.15) is 5.82 Å². The van der Waals surface area contributed by atoms with Crippen molar-refractivity contribution in [2.75, 3.05) is 6.54 Å². The van der Waals surface area contributed by atoms with Crippen LogP contribution in [0.15, 0.2) is 42.7 Å². The van der Waals surface area contributed by atoms with Crippen LogP contribution in [0.25, 0.3) is 16.7 Å². The number of carbonyl (C=O) groups excluding carboxylic acids is 1. The Morgan fingerprint density at radius 2 is 2.03 bits per heavy atom. The summed E-state index contributed by atoms with van der Waals surface area (Å²) in [6.07, 6.45) is 0.0395. The minimum Gasteiger partial charge on any atom is -0.340 e. The van der Waals surface area contributed by atoms with Gasteiger partial charge in [-0.3, -0.25) is 4.79 Å². The van der Waals surface area contributed by atoms with Gasteiger partial charge in [0, 0.05) is 24.6 Å². The predicted octanol–water partition coefficient (Wildman–Crippen LogP) is 5.28. The standard InChI is InChI=1S/C23H20ClF3N6O/c1-13-5-6-18(33-10-4-8-28-33)19(29-13)20(34)32-9-3-7-22(32,2)21-30-16-11-14(23(25,26)27)15(24)12-17(16)31-21/h4-6,8,10-12H,3,7,9H2,1-2H3,(H,30,31). The summed E-state index contributed by atoms with van der Waals surface area (Å²) in [7, 11) is 0. The third-order valence-electron chi connectivity index (χ3n) is 6.24. The summed E-state index contributed by atoms with van der Waals surface area (Å²) in [5, 5.41) is 3.82. The second-order valence-corrected chi connectivity index (χ2v) is 8.94. The van der Waals surface area contributed by atoms with Crippen LogP contribution in [0.4, 0.5) is 13.2 Å². The van der Waals surface area contributed by atoms with E-state index >= 15 is 0 Å². The molecule has 1 atom stereocenters. The molecule has 4 aromatic rings. The van der Waals surface area contributed by atoms with Gasteiger partial charge < -0.3 is 9.88 Å². The number of benzene rings is 1. The van der Waals surface area contributed by atoms with Crippen molar-refractivity contribution < 1.29 is 18.0 Å². The number of hydrogen-bond donors (Lipinski definition) is 1. The first kappa shape index (κ1) is 22.4. The molecule has 1 aromatic carbocycles. The van der Waals surface area contributed by atoms with Crippen LogP contribution in [0.5, 0.6) is 0 Å². The molecule has 0 radical (unpaired) electrons. The SMILES string of the molecule is Cc1ccc(-n2cccn2)c(C(=O)N2CCCC2(C)c2nc3cc(C(F)(F)F)c(Cl)cc3[nH]2)n1. The molecule has 176 valence electrons. The number of nitrogens with zero attached hydrogens (tertiary/aromatic N) is 5. The quantitative estimate of drug-likeness (QED) is 0.426. The van der Waals surface area contributed by atoms with Crippen molar-refractivity contribution in [2.24, 2.45) is 0 Å². The number of alkyl halides is 3. The summed E-state index contributed by atoms with van der Waals surface area (Å²) < 4.78 is 41.5. The highest BCUT2D eigenvalue weighted by atomic mass is 35.5. The average molecular weight is 489 g/mol. The van der Waals surface area contributed by atoms with Crippen LogP contribution in [0, 0.1) is 6.92 Å². The summed E-state index contributed by atoms with van der Waals surface area (Å²) in [6.45, 7) is 4.11. The van der Waals surface area contributed by atoms with Crippen LogP contribution in [-0.2, 0) is 11.7 Å². The Morgan fingerprint density at radius 1 is 1.24 bits per heavy atom. The van der Waals surface area contributed by atoms with E-state index in [9.17, 15) is 18.0 Å². The fourth-order valence-corrected chi connectivity index (χ4v) is 4.74. The van der Waals surface area contributed by atoms with E-state index in [2.05, 4.69) is 20.1 Å². The van der Waals surface area contributed by atoms with E-state index in [4.69, 9.17) is 11.6 Å². The van der Waals surface area contributed by atoms with Gasteiger partial charge in [-0.1, -0.05) is 11.6 Å². The molecule has 1 aliphatic heterocycles. The Hall–Kier alpha value is -3.40. The Morgan fingerprint density at radius 3 is 2.74 bits per heavy atom. The van der Waals surface area contributed by atoms with Gasteiger partial charge >= 0.3 is 6.18 Å². The molecule has 0 spiro atoms. The highest BCUT2D eigenvalue weighted by molar-refractivity contribution is 6.32. The molecule has 34 heavy (non-hydrogen) atoms. The molecule has 0 saturated carbocycles. The Labute approximate surface area is 197 Å². The van der Waals surface area contributed by atoms with Gasteiger partial charge in [-0.15, -0.1) is 0 Å². The van der Waals surface area contributed by atoms with Crippen molar-refractivity contribution in [1.82, 2.24) is 29.6 Å². The molecule has 1 N–H and O–H groups in total. The number of pyridine rings is 1. The maximum absolute atomic E-state index is 13.8. The predicted molar refractivity (Wildman–Crippen MR) is 120 cm³/mol. The highest BCUT2D eigenvalue weighted by Crippen LogP contribution is 2.41. The van der Waals surface area contributed by atoms with E-state index in [1.165, 1.54) is 6.07 Å². The first-order valence-electron chi connectivity index (χ1n) is 10.6. The fourth-order valence-electron chi connectivity index (χ4n) is 4.47. The Kier molecular flexibility index (Phi) is 5.16. The second-order valence-electron chi connectivity index (χ2n) is 8.54. The van der Waals surface area contributed by atoms with E-state index in [1.807, 2.05) is 6.92 Å². The van der Waals surface area contributed by atoms with Crippen LogP contribution in [0.3, 0.4) is 0 Å². The maximum atomic E-state index is 13.8. The van der Waals surface area contributed by atoms with Crippen LogP contribution < -0.4 is 0 Å². The molecule has 1 saturated heterocycles. The summed E-state index contributed by atoms with van der Waals surface area (Å²) in [4.78, 5) is 27.5. The van der Waals surface area contributed by atoms with Gasteiger partial charge in [0.25, 0.3) is 5.91 Å². The molecule has 11 heteroatoms. The molecule has 3 aromatic heterocycles. The fraction of sp³-hybridized carbons (Fsp3) is 0.304. The molecule has 1 aliphatic rings. The number of fused-ring (bicyclic) bond motifs is 1. The molecule has 0 bridgehead atoms. The van der Waals surface area contributed by atoms with E-state index in [1.54, 1.807) is 47.1 Å². The number of aromatic amines is 1. The number of amides is 1. The molecule has 4 heterocycles. The second kappa shape index (κ2) is 7.83. The van der Waals surface area contributed by atoms with Gasteiger partial charge in [-0.05, 0) is 57.0 Å². The zero-order valence-electron chi connectivity index (χ0n) is 18.3. The Balaban J connectivity index is 1.57. The molecular weight excluding hydrogens is 469 g/mol. The number of rotatable bonds is 3. The summed E-state index contributed by atoms with van der Waals surface area (Å²) in [5.74, 6) is 0.0979. The zero-order chi connectivity index (χ0) is 24.3. The number of carbonyl (C=O) groups is 1. The first-order valence-corrected chi connectivity index (χ1v) is 11.0. The normalized spacial score (nSPS) is 18.7. The number of nitrogens with one attached hydrogen (secondary N) is 1. The number of aryl methyl sites for hydroxylation is 1. The number of likely N-dealkylation sites (tertiary alicyclic amines) is 1. The zero-order valence-corrected chi connectivity index (χ0v) is 19.1. The van der Waals surface area contributed by atoms with Crippen molar-refractivity contribution in [3.05, 3.63) is 70.5 Å². The monoisotopic (exact) mass is 488 g/mol. The summed E-state index contributed by atoms with van der Waals surface area (Å²) >= 11 is 5.88. The lowest BCUT2D eigenvalue weighted by Crippen LogP contribution is -2.44. The van der Waals surface area contributed by atoms with Crippen LogP contribution in [0.2, 0.25) is 5.02 Å². The highest BCUT2D eigenvalue weighted by Gasteiger charge is 2.45. The number of imidazole rings is 1. The summed E-state index contributed by atoms with van der Waals surface area (Å²) in [6, 6.07) is 7.50. The van der Waals surface area contributed by atoms with Crippen molar-refractivity contribution in [3.8, 4) is 5.69 Å². The smallest absolute Gasteiger partial charge is 0.340 e. The molecule has 7 nitrogen and oxygen atoms in total. The van der Waals surface area contributed by atoms with E-state index in [0.717, 1.165) is 6.07 Å². The molecule has 1 unspecified atom stereocenters. The van der Waals surface area contributed by atoms with E-state index in [-0.39, 0.29) is 17.1 Å². The number of aromatic nitrogens is 5. The van der Waals surface area contributed by atoms with Gasteiger partial charge in [-0.2, -0.15) is 18.3 Å². The van der Waals surface area contributed by atoms with E-state index < -0.39 is 22.3 Å². The van der Waals surface area contributed by atoms with Crippen LogP contribution in [-0.4, -0.2) is 42.1 Å². The minimum absolute atomic E-state index is 0.137. The largest absolute Gasteiger partial charge is 0.417 e. The topological polar surface area (TPSA) is 79.7 Å². The first-order chi connectivity index (χ1) is 16.1. The van der Waals surface area contributed by atoms with Gasteiger partial charge in [0.15, 0.2) is 5.69 Å². The Bertz CT molecular complexity index is 1400. The lowest BCUT2D eigenvalue weighted by molar-refractivity contribution is -0.137. The average Bonchev–Trinajstić information content (AvgIpc) is 3.51. The lowest BCUT2D eigenvalue weighted by Gasteiger charge is -2.33. The van der Waals surface area contributed by atoms with Crippen molar-refractivity contribution in [1.29, 1.82) is 0 Å². The third kappa shape index (κ3) is 3.62. The molecule has 0 aliphatic carbocycles. The van der Waals surface area contributed by atoms with Crippen molar-refractivity contribution >= 4 is 28.5 Å². The van der Waals surface area contributed by atoms with Gasteiger partial charge in [-0.25, -0.2) is 14.6 Å². The molecular formula is C23H20ClF3N6O. The van der Waals surface area contributed by atoms with Gasteiger partial charge in [0.05, 0.1) is 32.8 Å². The number of halogens is 4. The van der Waals surface area contributed by atoms with E-state index in [0.29, 0.717) is 42.1 Å². The molecule has 5 rings (SSSR count). The van der Waals surface area contributed by atoms with Crippen molar-refractivity contribution in [2.45, 2.75) is 38.4 Å². The number of hydrogen-bond acceptors (Lipinski definition) is 4. The van der Waals surface area contributed by atoms with Gasteiger partial charge in [0.2, 0.25) is 0 Å². The molecule has 1 fully saturated rings.